The van der Waals surface area contributed by atoms with Crippen LogP contribution >= 0.6 is 12.4 Å². The van der Waals surface area contributed by atoms with E-state index >= 15 is 0 Å². The Hall–Kier alpha value is -2.39. The summed E-state index contributed by atoms with van der Waals surface area (Å²) in [6.45, 7) is 2.01. The van der Waals surface area contributed by atoms with Crippen molar-refractivity contribution < 1.29 is 19.6 Å². The van der Waals surface area contributed by atoms with Crippen molar-refractivity contribution in [3.8, 4) is 0 Å². The van der Waals surface area contributed by atoms with Gasteiger partial charge in [0, 0.05) is 32.2 Å². The Kier molecular flexibility index (Phi) is 7.40. The molecule has 9 nitrogen and oxygen atoms in total. The van der Waals surface area contributed by atoms with E-state index in [2.05, 4.69) is 5.32 Å². The fourth-order valence-electron chi connectivity index (χ4n) is 2.47. The van der Waals surface area contributed by atoms with E-state index in [-0.39, 0.29) is 30.5 Å². The van der Waals surface area contributed by atoms with Crippen LogP contribution < -0.4 is 10.2 Å². The molecule has 1 aromatic carbocycles. The van der Waals surface area contributed by atoms with Crippen LogP contribution in [-0.2, 0) is 9.59 Å². The predicted octanol–water partition coefficient (Wildman–Crippen LogP) is 0.339. The van der Waals surface area contributed by atoms with Crippen LogP contribution in [0.15, 0.2) is 24.3 Å². The molecule has 132 valence electrons. The molecular formula is C14H19ClN4O5. The van der Waals surface area contributed by atoms with Gasteiger partial charge >= 0.3 is 5.97 Å². The first kappa shape index (κ1) is 19.7. The second-order valence-electron chi connectivity index (χ2n) is 5.18. The van der Waals surface area contributed by atoms with E-state index in [1.165, 1.54) is 6.07 Å². The normalized spacial score (nSPS) is 14.6. The molecule has 0 bridgehead atoms. The van der Waals surface area contributed by atoms with Gasteiger partial charge < -0.3 is 15.3 Å². The van der Waals surface area contributed by atoms with Crippen LogP contribution in [0.5, 0.6) is 0 Å². The van der Waals surface area contributed by atoms with Crippen molar-refractivity contribution in [2.45, 2.75) is 0 Å². The maximum Gasteiger partial charge on any atom is 0.322 e. The largest absolute Gasteiger partial charge is 0.480 e. The Labute approximate surface area is 144 Å². The van der Waals surface area contributed by atoms with Crippen molar-refractivity contribution in [3.63, 3.8) is 0 Å². The highest BCUT2D eigenvalue weighted by Gasteiger charge is 2.24. The predicted molar refractivity (Wildman–Crippen MR) is 89.6 cm³/mol. The number of aliphatic carboxylic acids is 1. The number of carboxylic acids is 1. The number of hydrogen-bond donors (Lipinski definition) is 2. The molecule has 0 atom stereocenters. The first-order valence-corrected chi connectivity index (χ1v) is 7.16. The van der Waals surface area contributed by atoms with Gasteiger partial charge in [-0.15, -0.1) is 12.4 Å². The summed E-state index contributed by atoms with van der Waals surface area (Å²) >= 11 is 0. The summed E-state index contributed by atoms with van der Waals surface area (Å²) in [6.07, 6.45) is 0. The van der Waals surface area contributed by atoms with Crippen molar-refractivity contribution in [1.82, 2.24) is 10.2 Å². The lowest BCUT2D eigenvalue weighted by molar-refractivity contribution is -0.384. The van der Waals surface area contributed by atoms with Crippen molar-refractivity contribution in [2.75, 3.05) is 44.2 Å². The molecule has 1 aromatic rings. The van der Waals surface area contributed by atoms with E-state index in [0.717, 1.165) is 0 Å². The number of halogens is 1. The minimum absolute atomic E-state index is 0. The third-order valence-corrected chi connectivity index (χ3v) is 3.60. The van der Waals surface area contributed by atoms with Crippen LogP contribution in [0, 0.1) is 10.1 Å². The Morgan fingerprint density at radius 1 is 1.21 bits per heavy atom. The lowest BCUT2D eigenvalue weighted by atomic mass is 10.2. The maximum atomic E-state index is 11.6. The van der Waals surface area contributed by atoms with Gasteiger partial charge in [-0.2, -0.15) is 0 Å². The van der Waals surface area contributed by atoms with E-state index in [0.29, 0.717) is 31.9 Å². The van der Waals surface area contributed by atoms with E-state index in [1.54, 1.807) is 18.2 Å². The smallest absolute Gasteiger partial charge is 0.322 e. The third kappa shape index (κ3) is 5.36. The number of carbonyl (C=O) groups excluding carboxylic acids is 1. The van der Waals surface area contributed by atoms with Gasteiger partial charge in [0.05, 0.1) is 11.5 Å². The highest BCUT2D eigenvalue weighted by molar-refractivity contribution is 5.85. The summed E-state index contributed by atoms with van der Waals surface area (Å²) in [5.41, 5.74) is 0.646. The quantitative estimate of drug-likeness (QED) is 0.556. The van der Waals surface area contributed by atoms with Crippen LogP contribution in [0.1, 0.15) is 0 Å². The monoisotopic (exact) mass is 358 g/mol. The molecule has 0 aromatic heterocycles. The third-order valence-electron chi connectivity index (χ3n) is 3.60. The number of amides is 1. The van der Waals surface area contributed by atoms with Crippen LogP contribution in [-0.4, -0.2) is 66.1 Å². The van der Waals surface area contributed by atoms with Crippen molar-refractivity contribution in [3.05, 3.63) is 34.4 Å². The van der Waals surface area contributed by atoms with Gasteiger partial charge in [0.1, 0.15) is 12.2 Å². The van der Waals surface area contributed by atoms with Crippen LogP contribution in [0.25, 0.3) is 0 Å². The van der Waals surface area contributed by atoms with Crippen LogP contribution in [0.4, 0.5) is 11.4 Å². The summed E-state index contributed by atoms with van der Waals surface area (Å²) in [5.74, 6) is -1.42. The van der Waals surface area contributed by atoms with Gasteiger partial charge in [-0.25, -0.2) is 0 Å². The van der Waals surface area contributed by atoms with Gasteiger partial charge in [0.2, 0.25) is 5.91 Å². The molecule has 24 heavy (non-hydrogen) atoms. The second-order valence-corrected chi connectivity index (χ2v) is 5.18. The van der Waals surface area contributed by atoms with Gasteiger partial charge in [-0.1, -0.05) is 12.1 Å². The lowest BCUT2D eigenvalue weighted by Gasteiger charge is -2.35. The zero-order chi connectivity index (χ0) is 16.8. The summed E-state index contributed by atoms with van der Waals surface area (Å²) in [6, 6.07) is 6.58. The van der Waals surface area contributed by atoms with E-state index < -0.39 is 17.4 Å². The molecule has 1 aliphatic rings. The summed E-state index contributed by atoms with van der Waals surface area (Å²) in [4.78, 5) is 36.5. The van der Waals surface area contributed by atoms with Crippen molar-refractivity contribution in [1.29, 1.82) is 0 Å². The molecule has 2 N–H and O–H groups in total. The number of nitro benzene ring substituents is 1. The minimum atomic E-state index is -1.08. The Balaban J connectivity index is 0.00000288. The fourth-order valence-corrected chi connectivity index (χ4v) is 2.47. The Bertz CT molecular complexity index is 605. The number of hydrogen-bond acceptors (Lipinski definition) is 6. The van der Waals surface area contributed by atoms with Gasteiger partial charge in [0.15, 0.2) is 0 Å². The number of para-hydroxylation sites is 2. The Morgan fingerprint density at radius 3 is 2.42 bits per heavy atom. The lowest BCUT2D eigenvalue weighted by Crippen LogP contribution is -2.50. The number of nitrogens with one attached hydrogen (secondary N) is 1. The number of carboxylic acid groups (broad SMARTS) is 1. The van der Waals surface area contributed by atoms with Gasteiger partial charge in [-0.3, -0.25) is 24.6 Å². The average molecular weight is 359 g/mol. The second kappa shape index (κ2) is 9.04. The highest BCUT2D eigenvalue weighted by Crippen LogP contribution is 2.28. The zero-order valence-corrected chi connectivity index (χ0v) is 13.7. The van der Waals surface area contributed by atoms with Crippen molar-refractivity contribution >= 4 is 35.7 Å². The topological polar surface area (TPSA) is 116 Å². The molecule has 10 heteroatoms. The van der Waals surface area contributed by atoms with Gasteiger partial charge in [0.25, 0.3) is 5.69 Å². The summed E-state index contributed by atoms with van der Waals surface area (Å²) in [5, 5.41) is 21.9. The first-order valence-electron chi connectivity index (χ1n) is 7.16. The summed E-state index contributed by atoms with van der Waals surface area (Å²) < 4.78 is 0. The van der Waals surface area contributed by atoms with E-state index in [1.807, 2.05) is 9.80 Å². The average Bonchev–Trinajstić information content (AvgIpc) is 2.53. The standard InChI is InChI=1S/C14H18N4O5.ClH/c19-13(15-9-14(20)21)10-16-5-7-17(8-6-16)11-3-1-2-4-12(11)18(22)23;/h1-4H,5-10H2,(H,15,19)(H,20,21);1H. The SMILES string of the molecule is Cl.O=C(O)CNC(=O)CN1CCN(c2ccccc2[N+](=O)[O-])CC1. The molecule has 0 radical (unpaired) electrons. The molecule has 0 spiro atoms. The molecule has 0 saturated carbocycles. The van der Waals surface area contributed by atoms with Crippen LogP contribution in [0.2, 0.25) is 0 Å². The van der Waals surface area contributed by atoms with Gasteiger partial charge in [-0.05, 0) is 6.07 Å². The minimum Gasteiger partial charge on any atom is -0.480 e. The molecule has 1 aliphatic heterocycles. The maximum absolute atomic E-state index is 11.6. The number of nitro groups is 1. The number of carbonyl (C=O) groups is 2. The summed E-state index contributed by atoms with van der Waals surface area (Å²) in [7, 11) is 0. The molecule has 1 fully saturated rings. The molecule has 2 rings (SSSR count). The molecular weight excluding hydrogens is 340 g/mol. The van der Waals surface area contributed by atoms with E-state index in [4.69, 9.17) is 5.11 Å². The first-order chi connectivity index (χ1) is 11.0. The molecule has 0 aliphatic carbocycles. The molecule has 1 saturated heterocycles. The fraction of sp³-hybridized carbons (Fsp3) is 0.429. The highest BCUT2D eigenvalue weighted by atomic mass is 35.5. The molecule has 1 amide bonds. The van der Waals surface area contributed by atoms with E-state index in [9.17, 15) is 19.7 Å². The Morgan fingerprint density at radius 2 is 1.83 bits per heavy atom. The number of piperazine rings is 1. The number of rotatable bonds is 6. The number of nitrogens with zero attached hydrogens (tertiary/aromatic N) is 3. The number of anilines is 1. The van der Waals surface area contributed by atoms with Crippen LogP contribution in [0.3, 0.4) is 0 Å². The molecule has 0 unspecified atom stereocenters. The van der Waals surface area contributed by atoms with Crippen molar-refractivity contribution in [2.24, 2.45) is 0 Å². The molecule has 1 heterocycles. The number of benzene rings is 1. The zero-order valence-electron chi connectivity index (χ0n) is 12.9.